The molecule has 0 bridgehead atoms. The highest BCUT2D eigenvalue weighted by molar-refractivity contribution is 7.13. The van der Waals surface area contributed by atoms with E-state index >= 15 is 0 Å². The quantitative estimate of drug-likeness (QED) is 0.673. The fraction of sp³-hybridized carbons (Fsp3) is 0.278. The van der Waals surface area contributed by atoms with E-state index in [1.54, 1.807) is 0 Å². The van der Waals surface area contributed by atoms with Crippen molar-refractivity contribution in [3.8, 4) is 16.7 Å². The number of benzene rings is 1. The van der Waals surface area contributed by atoms with Gasteiger partial charge in [-0.3, -0.25) is 4.79 Å². The molecule has 2 heterocycles. The van der Waals surface area contributed by atoms with Gasteiger partial charge in [0.05, 0.1) is 17.4 Å². The third kappa shape index (κ3) is 3.23. The Balaban J connectivity index is 2.02. The van der Waals surface area contributed by atoms with Gasteiger partial charge in [0, 0.05) is 0 Å². The van der Waals surface area contributed by atoms with Gasteiger partial charge in [-0.2, -0.15) is 9.67 Å². The number of carbonyl (C=O) groups is 1. The van der Waals surface area contributed by atoms with Gasteiger partial charge in [-0.05, 0) is 30.4 Å². The molecule has 3 aromatic rings. The van der Waals surface area contributed by atoms with Gasteiger partial charge in [0.2, 0.25) is 0 Å². The molecule has 0 aliphatic heterocycles. The second-order valence-corrected chi connectivity index (χ2v) is 6.20. The van der Waals surface area contributed by atoms with E-state index in [0.717, 1.165) is 10.4 Å². The number of nitrogens with zero attached hydrogens (tertiary/aromatic N) is 3. The van der Waals surface area contributed by atoms with Gasteiger partial charge in [0.1, 0.15) is 0 Å². The van der Waals surface area contributed by atoms with Crippen molar-refractivity contribution in [2.75, 3.05) is 6.61 Å². The molecule has 3 rings (SSSR count). The zero-order valence-electron chi connectivity index (χ0n) is 13.7. The highest BCUT2D eigenvalue weighted by Gasteiger charge is 2.26. The standard InChI is InChI=1S/C18H19N3O2S/c1-3-14(13-9-6-5-7-10-13)17(22)21-16(15-11-8-12-24-15)19-18(20-21)23-4-2/h5-12,14H,3-4H2,1-2H3. The first-order valence-electron chi connectivity index (χ1n) is 7.97. The Kier molecular flexibility index (Phi) is 5.05. The molecule has 0 spiro atoms. The minimum Gasteiger partial charge on any atom is -0.463 e. The predicted octanol–water partition coefficient (Wildman–Crippen LogP) is 4.24. The molecule has 0 aliphatic rings. The largest absolute Gasteiger partial charge is 0.463 e. The van der Waals surface area contributed by atoms with Crippen molar-refractivity contribution in [3.63, 3.8) is 0 Å². The summed E-state index contributed by atoms with van der Waals surface area (Å²) in [5.74, 6) is 0.180. The lowest BCUT2D eigenvalue weighted by molar-refractivity contribution is 0.0858. The Morgan fingerprint density at radius 2 is 2.00 bits per heavy atom. The van der Waals surface area contributed by atoms with Crippen LogP contribution in [-0.4, -0.2) is 27.3 Å². The summed E-state index contributed by atoms with van der Waals surface area (Å²) in [5.41, 5.74) is 0.982. The first kappa shape index (κ1) is 16.4. The monoisotopic (exact) mass is 341 g/mol. The fourth-order valence-corrected chi connectivity index (χ4v) is 3.29. The maximum absolute atomic E-state index is 13.1. The van der Waals surface area contributed by atoms with Crippen LogP contribution in [0.25, 0.3) is 10.7 Å². The minimum atomic E-state index is -0.263. The highest BCUT2D eigenvalue weighted by Crippen LogP contribution is 2.28. The van der Waals surface area contributed by atoms with Crippen LogP contribution < -0.4 is 4.74 Å². The highest BCUT2D eigenvalue weighted by atomic mass is 32.1. The number of ether oxygens (including phenoxy) is 1. The van der Waals surface area contributed by atoms with E-state index in [9.17, 15) is 4.79 Å². The molecule has 0 amide bonds. The fourth-order valence-electron chi connectivity index (χ4n) is 2.59. The van der Waals surface area contributed by atoms with Crippen molar-refractivity contribution in [2.24, 2.45) is 0 Å². The van der Waals surface area contributed by atoms with Gasteiger partial charge in [0.25, 0.3) is 5.91 Å². The van der Waals surface area contributed by atoms with Crippen LogP contribution >= 0.6 is 11.3 Å². The molecule has 0 saturated carbocycles. The molecular formula is C18H19N3O2S. The summed E-state index contributed by atoms with van der Waals surface area (Å²) in [4.78, 5) is 18.4. The third-order valence-corrected chi connectivity index (χ3v) is 4.59. The molecule has 124 valence electrons. The number of rotatable bonds is 6. The number of hydrogen-bond acceptors (Lipinski definition) is 5. The summed E-state index contributed by atoms with van der Waals surface area (Å²) >= 11 is 1.52. The van der Waals surface area contributed by atoms with Crippen molar-refractivity contribution in [2.45, 2.75) is 26.2 Å². The Morgan fingerprint density at radius 1 is 1.21 bits per heavy atom. The Labute approximate surface area is 144 Å². The molecule has 1 aromatic carbocycles. The minimum absolute atomic E-state index is 0.0921. The average Bonchev–Trinajstić information content (AvgIpc) is 3.26. The second-order valence-electron chi connectivity index (χ2n) is 5.25. The summed E-state index contributed by atoms with van der Waals surface area (Å²) in [6.45, 7) is 4.32. The summed E-state index contributed by atoms with van der Waals surface area (Å²) in [7, 11) is 0. The Bertz CT molecular complexity index is 797. The normalized spacial score (nSPS) is 12.1. The topological polar surface area (TPSA) is 57.0 Å². The van der Waals surface area contributed by atoms with E-state index in [-0.39, 0.29) is 17.8 Å². The van der Waals surface area contributed by atoms with E-state index in [1.165, 1.54) is 16.0 Å². The van der Waals surface area contributed by atoms with E-state index in [2.05, 4.69) is 10.1 Å². The molecule has 5 nitrogen and oxygen atoms in total. The van der Waals surface area contributed by atoms with Crippen molar-refractivity contribution in [1.29, 1.82) is 0 Å². The van der Waals surface area contributed by atoms with Gasteiger partial charge in [-0.15, -0.1) is 16.4 Å². The van der Waals surface area contributed by atoms with Crippen molar-refractivity contribution in [1.82, 2.24) is 14.8 Å². The van der Waals surface area contributed by atoms with E-state index < -0.39 is 0 Å². The van der Waals surface area contributed by atoms with Crippen LogP contribution in [0.2, 0.25) is 0 Å². The number of thiophene rings is 1. The lowest BCUT2D eigenvalue weighted by atomic mass is 9.96. The molecule has 24 heavy (non-hydrogen) atoms. The van der Waals surface area contributed by atoms with Crippen LogP contribution in [0.15, 0.2) is 47.8 Å². The Hall–Kier alpha value is -2.47. The molecule has 2 aromatic heterocycles. The van der Waals surface area contributed by atoms with Crippen LogP contribution in [-0.2, 0) is 0 Å². The number of carbonyl (C=O) groups excluding carboxylic acids is 1. The maximum Gasteiger partial charge on any atom is 0.336 e. The van der Waals surface area contributed by atoms with Crippen molar-refractivity contribution >= 4 is 17.2 Å². The lowest BCUT2D eigenvalue weighted by Gasteiger charge is -2.14. The maximum atomic E-state index is 13.1. The van der Waals surface area contributed by atoms with Gasteiger partial charge >= 0.3 is 6.01 Å². The summed E-state index contributed by atoms with van der Waals surface area (Å²) in [6.07, 6.45) is 0.691. The third-order valence-electron chi connectivity index (χ3n) is 3.72. The van der Waals surface area contributed by atoms with E-state index in [0.29, 0.717) is 18.9 Å². The molecule has 0 fully saturated rings. The van der Waals surface area contributed by atoms with E-state index in [1.807, 2.05) is 61.7 Å². The Morgan fingerprint density at radius 3 is 2.62 bits per heavy atom. The van der Waals surface area contributed by atoms with Crippen LogP contribution in [0.5, 0.6) is 6.01 Å². The molecule has 1 atom stereocenters. The molecule has 0 aliphatic carbocycles. The molecule has 0 saturated heterocycles. The lowest BCUT2D eigenvalue weighted by Crippen LogP contribution is -2.22. The number of hydrogen-bond donors (Lipinski definition) is 0. The van der Waals surface area contributed by atoms with Crippen LogP contribution in [0.3, 0.4) is 0 Å². The van der Waals surface area contributed by atoms with Gasteiger partial charge in [-0.25, -0.2) is 0 Å². The van der Waals surface area contributed by atoms with Crippen molar-refractivity contribution in [3.05, 3.63) is 53.4 Å². The summed E-state index contributed by atoms with van der Waals surface area (Å²) < 4.78 is 6.79. The first-order chi connectivity index (χ1) is 11.7. The molecule has 0 N–H and O–H groups in total. The summed E-state index contributed by atoms with van der Waals surface area (Å²) in [6, 6.07) is 13.9. The molecular weight excluding hydrogens is 322 g/mol. The average molecular weight is 341 g/mol. The second kappa shape index (κ2) is 7.40. The smallest absolute Gasteiger partial charge is 0.336 e. The molecule has 1 unspecified atom stereocenters. The first-order valence-corrected chi connectivity index (χ1v) is 8.85. The van der Waals surface area contributed by atoms with Crippen LogP contribution in [0, 0.1) is 0 Å². The van der Waals surface area contributed by atoms with Gasteiger partial charge in [0.15, 0.2) is 5.82 Å². The van der Waals surface area contributed by atoms with Gasteiger partial charge in [-0.1, -0.05) is 43.3 Å². The van der Waals surface area contributed by atoms with Crippen molar-refractivity contribution < 1.29 is 9.53 Å². The SMILES string of the molecule is CCOc1nc(-c2cccs2)n(C(=O)C(CC)c2ccccc2)n1. The number of aromatic nitrogens is 3. The zero-order valence-corrected chi connectivity index (χ0v) is 14.5. The zero-order chi connectivity index (χ0) is 16.9. The van der Waals surface area contributed by atoms with E-state index in [4.69, 9.17) is 4.74 Å². The molecule has 0 radical (unpaired) electrons. The van der Waals surface area contributed by atoms with Crippen LogP contribution in [0.4, 0.5) is 0 Å². The predicted molar refractivity (Wildman–Crippen MR) is 94.6 cm³/mol. The molecule has 6 heteroatoms. The summed E-state index contributed by atoms with van der Waals surface area (Å²) in [5, 5.41) is 6.24. The van der Waals surface area contributed by atoms with Gasteiger partial charge < -0.3 is 4.74 Å². The van der Waals surface area contributed by atoms with Crippen LogP contribution in [0.1, 0.15) is 36.5 Å².